The SMILES string of the molecule is COCCCN(Cc1ccccn1)Cc1c(F)cccc1F.O=C(O)CC(O)(CC(=O)O)C(=O)O. The Morgan fingerprint density at radius 3 is 2.03 bits per heavy atom. The van der Waals surface area contributed by atoms with Crippen molar-refractivity contribution in [1.82, 2.24) is 9.88 Å². The topological polar surface area (TPSA) is 157 Å². The first-order chi connectivity index (χ1) is 16.5. The van der Waals surface area contributed by atoms with E-state index in [0.29, 0.717) is 19.7 Å². The van der Waals surface area contributed by atoms with E-state index in [-0.39, 0.29) is 12.1 Å². The van der Waals surface area contributed by atoms with Crippen molar-refractivity contribution in [1.29, 1.82) is 0 Å². The van der Waals surface area contributed by atoms with Gasteiger partial charge in [-0.15, -0.1) is 0 Å². The van der Waals surface area contributed by atoms with Gasteiger partial charge in [-0.25, -0.2) is 13.6 Å². The number of halogens is 2. The summed E-state index contributed by atoms with van der Waals surface area (Å²) in [6, 6.07) is 9.59. The van der Waals surface area contributed by atoms with Gasteiger partial charge in [-0.2, -0.15) is 0 Å². The van der Waals surface area contributed by atoms with Crippen molar-refractivity contribution in [2.75, 3.05) is 20.3 Å². The Hall–Kier alpha value is -3.48. The Morgan fingerprint density at radius 2 is 1.57 bits per heavy atom. The molecule has 4 N–H and O–H groups in total. The summed E-state index contributed by atoms with van der Waals surface area (Å²) in [7, 11) is 1.64. The van der Waals surface area contributed by atoms with Crippen LogP contribution in [0.15, 0.2) is 42.6 Å². The minimum absolute atomic E-state index is 0.0934. The Labute approximate surface area is 200 Å². The lowest BCUT2D eigenvalue weighted by atomic mass is 9.96. The number of ether oxygens (including phenoxy) is 1. The highest BCUT2D eigenvalue weighted by molar-refractivity contribution is 5.88. The minimum atomic E-state index is -2.74. The number of rotatable bonds is 13. The standard InChI is InChI=1S/C17H20F2N2O.C6H8O7/c1-22-11-5-10-21(12-14-6-2-3-9-20-14)13-15-16(18)7-4-8-17(15)19;7-3(8)1-6(13,5(11)12)2-4(9)10/h2-4,6-9H,5,10-13H2,1H3;13H,1-2H2,(H,7,8)(H,9,10)(H,11,12). The van der Waals surface area contributed by atoms with Crippen LogP contribution in [0.1, 0.15) is 30.5 Å². The molecule has 0 amide bonds. The second-order valence-corrected chi connectivity index (χ2v) is 7.56. The van der Waals surface area contributed by atoms with Crippen LogP contribution in [-0.4, -0.2) is 74.1 Å². The van der Waals surface area contributed by atoms with Gasteiger partial charge < -0.3 is 25.2 Å². The Morgan fingerprint density at radius 1 is 0.971 bits per heavy atom. The molecule has 10 nitrogen and oxygen atoms in total. The van der Waals surface area contributed by atoms with Crippen molar-refractivity contribution in [3.8, 4) is 0 Å². The lowest BCUT2D eigenvalue weighted by Crippen LogP contribution is -2.42. The summed E-state index contributed by atoms with van der Waals surface area (Å²) in [5.74, 6) is -6.05. The number of carboxylic acid groups (broad SMARTS) is 3. The molecule has 1 aromatic heterocycles. The molecule has 1 heterocycles. The molecule has 0 fully saturated rings. The van der Waals surface area contributed by atoms with E-state index in [9.17, 15) is 23.2 Å². The minimum Gasteiger partial charge on any atom is -0.481 e. The van der Waals surface area contributed by atoms with Crippen LogP contribution in [0.5, 0.6) is 0 Å². The van der Waals surface area contributed by atoms with Crippen molar-refractivity contribution in [2.45, 2.75) is 38.0 Å². The van der Waals surface area contributed by atoms with Gasteiger partial charge in [-0.3, -0.25) is 19.5 Å². The van der Waals surface area contributed by atoms with Crippen LogP contribution < -0.4 is 0 Å². The number of hydrogen-bond acceptors (Lipinski definition) is 7. The molecule has 35 heavy (non-hydrogen) atoms. The largest absolute Gasteiger partial charge is 0.481 e. The van der Waals surface area contributed by atoms with Gasteiger partial charge in [0.05, 0.1) is 18.5 Å². The van der Waals surface area contributed by atoms with E-state index >= 15 is 0 Å². The van der Waals surface area contributed by atoms with Crippen LogP contribution in [0.25, 0.3) is 0 Å². The molecule has 2 aromatic rings. The van der Waals surface area contributed by atoms with Gasteiger partial charge in [-0.1, -0.05) is 12.1 Å². The summed E-state index contributed by atoms with van der Waals surface area (Å²) in [4.78, 5) is 36.7. The Balaban J connectivity index is 0.000000405. The van der Waals surface area contributed by atoms with E-state index in [1.807, 2.05) is 23.1 Å². The average Bonchev–Trinajstić information content (AvgIpc) is 2.76. The molecule has 0 saturated carbocycles. The number of carbonyl (C=O) groups is 3. The third-order valence-electron chi connectivity index (χ3n) is 4.66. The van der Waals surface area contributed by atoms with Crippen LogP contribution in [0.4, 0.5) is 8.78 Å². The molecule has 0 aliphatic heterocycles. The predicted octanol–water partition coefficient (Wildman–Crippen LogP) is 2.15. The van der Waals surface area contributed by atoms with Crippen LogP contribution in [0.3, 0.4) is 0 Å². The van der Waals surface area contributed by atoms with E-state index in [4.69, 9.17) is 25.2 Å². The molecule has 12 heteroatoms. The average molecular weight is 498 g/mol. The summed E-state index contributed by atoms with van der Waals surface area (Å²) < 4.78 is 32.7. The number of aromatic nitrogens is 1. The molecule has 1 aromatic carbocycles. The number of methoxy groups -OCH3 is 1. The van der Waals surface area contributed by atoms with Crippen molar-refractivity contribution in [3.05, 3.63) is 65.5 Å². The van der Waals surface area contributed by atoms with E-state index in [0.717, 1.165) is 12.1 Å². The van der Waals surface area contributed by atoms with Gasteiger partial charge in [-0.05, 0) is 30.7 Å². The highest BCUT2D eigenvalue weighted by Crippen LogP contribution is 2.17. The predicted molar refractivity (Wildman–Crippen MR) is 118 cm³/mol. The third kappa shape index (κ3) is 11.0. The van der Waals surface area contributed by atoms with Gasteiger partial charge in [0, 0.05) is 45.1 Å². The zero-order chi connectivity index (χ0) is 26.4. The van der Waals surface area contributed by atoms with Gasteiger partial charge >= 0.3 is 17.9 Å². The fraction of sp³-hybridized carbons (Fsp3) is 0.391. The molecule has 2 rings (SSSR count). The first kappa shape index (κ1) is 29.6. The van der Waals surface area contributed by atoms with Crippen LogP contribution in [-0.2, 0) is 32.2 Å². The summed E-state index contributed by atoms with van der Waals surface area (Å²) in [6.07, 6.45) is 0.217. The quantitative estimate of drug-likeness (QED) is 0.302. The number of carboxylic acids is 3. The van der Waals surface area contributed by atoms with Gasteiger partial charge in [0.15, 0.2) is 5.60 Å². The molecule has 0 unspecified atom stereocenters. The number of hydrogen-bond donors (Lipinski definition) is 4. The molecule has 0 aliphatic rings. The molecular weight excluding hydrogens is 470 g/mol. The lowest BCUT2D eigenvalue weighted by molar-refractivity contribution is -0.170. The maximum atomic E-state index is 13.8. The van der Waals surface area contributed by atoms with E-state index in [2.05, 4.69) is 4.98 Å². The highest BCUT2D eigenvalue weighted by Gasteiger charge is 2.40. The Bertz CT molecular complexity index is 939. The van der Waals surface area contributed by atoms with Crippen LogP contribution in [0, 0.1) is 11.6 Å². The molecule has 192 valence electrons. The molecule has 0 saturated heterocycles. The number of aliphatic carboxylic acids is 3. The van der Waals surface area contributed by atoms with E-state index in [1.54, 1.807) is 13.3 Å². The third-order valence-corrected chi connectivity index (χ3v) is 4.66. The van der Waals surface area contributed by atoms with Crippen molar-refractivity contribution in [2.24, 2.45) is 0 Å². The molecule has 0 radical (unpaired) electrons. The van der Waals surface area contributed by atoms with Gasteiger partial charge in [0.2, 0.25) is 0 Å². The zero-order valence-corrected chi connectivity index (χ0v) is 19.1. The fourth-order valence-corrected chi connectivity index (χ4v) is 2.99. The van der Waals surface area contributed by atoms with E-state index in [1.165, 1.54) is 18.2 Å². The molecule has 0 atom stereocenters. The van der Waals surface area contributed by atoms with Crippen LogP contribution in [0.2, 0.25) is 0 Å². The van der Waals surface area contributed by atoms with Crippen molar-refractivity contribution >= 4 is 17.9 Å². The summed E-state index contributed by atoms with van der Waals surface area (Å²) in [5, 5.41) is 33.8. The summed E-state index contributed by atoms with van der Waals surface area (Å²) in [5.41, 5.74) is -1.77. The summed E-state index contributed by atoms with van der Waals surface area (Å²) in [6.45, 7) is 2.04. The normalized spacial score (nSPS) is 11.0. The molecular formula is C23H28F2N2O8. The molecule has 0 bridgehead atoms. The highest BCUT2D eigenvalue weighted by atomic mass is 19.1. The number of aliphatic hydroxyl groups is 1. The fourth-order valence-electron chi connectivity index (χ4n) is 2.99. The van der Waals surface area contributed by atoms with Crippen molar-refractivity contribution < 1.29 is 48.3 Å². The first-order valence-corrected chi connectivity index (χ1v) is 10.4. The second-order valence-electron chi connectivity index (χ2n) is 7.56. The van der Waals surface area contributed by atoms with E-state index < -0.39 is 48.0 Å². The Kier molecular flexibility index (Phi) is 12.4. The lowest BCUT2D eigenvalue weighted by Gasteiger charge is -2.22. The maximum absolute atomic E-state index is 13.8. The second kappa shape index (κ2) is 14.7. The van der Waals surface area contributed by atoms with Crippen molar-refractivity contribution in [3.63, 3.8) is 0 Å². The maximum Gasteiger partial charge on any atom is 0.336 e. The van der Waals surface area contributed by atoms with Crippen LogP contribution >= 0.6 is 0 Å². The molecule has 0 spiro atoms. The summed E-state index contributed by atoms with van der Waals surface area (Å²) >= 11 is 0. The van der Waals surface area contributed by atoms with Gasteiger partial charge in [0.1, 0.15) is 11.6 Å². The number of benzene rings is 1. The first-order valence-electron chi connectivity index (χ1n) is 10.4. The number of nitrogens with zero attached hydrogens (tertiary/aromatic N) is 2. The smallest absolute Gasteiger partial charge is 0.336 e. The molecule has 0 aliphatic carbocycles. The number of pyridine rings is 1. The zero-order valence-electron chi connectivity index (χ0n) is 19.1. The van der Waals surface area contributed by atoms with Gasteiger partial charge in [0.25, 0.3) is 0 Å². The monoisotopic (exact) mass is 498 g/mol.